The van der Waals surface area contributed by atoms with Gasteiger partial charge in [-0.3, -0.25) is 4.79 Å². The molecule has 3 rings (SSSR count). The van der Waals surface area contributed by atoms with E-state index in [2.05, 4.69) is 15.9 Å². The third-order valence-electron chi connectivity index (χ3n) is 3.95. The van der Waals surface area contributed by atoms with Crippen LogP contribution in [0.2, 0.25) is 0 Å². The molecule has 0 radical (unpaired) electrons. The molecular weight excluding hydrogens is 352 g/mol. The summed E-state index contributed by atoms with van der Waals surface area (Å²) in [5, 5.41) is 0. The third-order valence-corrected chi connectivity index (χ3v) is 4.84. The van der Waals surface area contributed by atoms with Crippen LogP contribution >= 0.6 is 15.9 Å². The lowest BCUT2D eigenvalue weighted by Gasteiger charge is -2.18. The number of amides is 1. The monoisotopic (exact) mass is 365 g/mol. The molecule has 0 N–H and O–H groups in total. The van der Waals surface area contributed by atoms with Crippen molar-refractivity contribution in [2.45, 2.75) is 19.3 Å². The van der Waals surface area contributed by atoms with Gasteiger partial charge in [-0.05, 0) is 54.8 Å². The summed E-state index contributed by atoms with van der Waals surface area (Å²) in [6.45, 7) is 2.50. The molecule has 2 nitrogen and oxygen atoms in total. The molecule has 5 heteroatoms. The Morgan fingerprint density at radius 2 is 1.82 bits per heavy atom. The number of nitrogens with zero attached hydrogens (tertiary/aromatic N) is 1. The van der Waals surface area contributed by atoms with E-state index in [0.29, 0.717) is 18.5 Å². The fraction of sp³-hybridized carbons (Fsp3) is 0.235. The molecule has 2 aromatic carbocycles. The number of rotatable bonds is 2. The highest BCUT2D eigenvalue weighted by atomic mass is 79.9. The first-order chi connectivity index (χ1) is 10.5. The van der Waals surface area contributed by atoms with E-state index in [4.69, 9.17) is 0 Å². The van der Waals surface area contributed by atoms with Gasteiger partial charge in [-0.1, -0.05) is 15.9 Å². The zero-order valence-electron chi connectivity index (χ0n) is 11.9. The first-order valence-electron chi connectivity index (χ1n) is 6.99. The van der Waals surface area contributed by atoms with Gasteiger partial charge < -0.3 is 4.90 Å². The molecule has 0 saturated carbocycles. The van der Waals surface area contributed by atoms with Crippen molar-refractivity contribution in [3.05, 3.63) is 63.6 Å². The summed E-state index contributed by atoms with van der Waals surface area (Å²) < 4.78 is 27.7. The van der Waals surface area contributed by atoms with Crippen molar-refractivity contribution in [3.63, 3.8) is 0 Å². The normalized spacial score (nSPS) is 18.1. The van der Waals surface area contributed by atoms with E-state index in [9.17, 15) is 13.6 Å². The zero-order valence-corrected chi connectivity index (χ0v) is 13.5. The largest absolute Gasteiger partial charge is 0.312 e. The summed E-state index contributed by atoms with van der Waals surface area (Å²) in [7, 11) is 0. The smallest absolute Gasteiger partial charge is 0.234 e. The number of aryl methyl sites for hydroxylation is 1. The molecule has 22 heavy (non-hydrogen) atoms. The SMILES string of the molecule is Cc1cc(N2CCC(c3cc(F)cc(F)c3)C2=O)ccc1Br. The minimum atomic E-state index is -0.652. The Bertz CT molecular complexity index is 727. The molecule has 1 aliphatic rings. The van der Waals surface area contributed by atoms with Gasteiger partial charge in [0.25, 0.3) is 0 Å². The second kappa shape index (κ2) is 5.80. The van der Waals surface area contributed by atoms with E-state index in [1.54, 1.807) is 4.90 Å². The minimum absolute atomic E-state index is 0.119. The third kappa shape index (κ3) is 2.77. The van der Waals surface area contributed by atoms with Crippen LogP contribution in [0.15, 0.2) is 40.9 Å². The van der Waals surface area contributed by atoms with E-state index in [1.807, 2.05) is 25.1 Å². The van der Waals surface area contributed by atoms with Crippen molar-refractivity contribution in [1.29, 1.82) is 0 Å². The molecule has 1 aliphatic heterocycles. The Kier molecular flexibility index (Phi) is 4.00. The van der Waals surface area contributed by atoms with Crippen LogP contribution < -0.4 is 4.90 Å². The van der Waals surface area contributed by atoms with Crippen molar-refractivity contribution in [3.8, 4) is 0 Å². The Hall–Kier alpha value is -1.75. The number of carbonyl (C=O) groups excluding carboxylic acids is 1. The average Bonchev–Trinajstić information content (AvgIpc) is 2.83. The average molecular weight is 366 g/mol. The fourth-order valence-corrected chi connectivity index (χ4v) is 3.07. The van der Waals surface area contributed by atoms with Crippen LogP contribution in [0.25, 0.3) is 0 Å². The van der Waals surface area contributed by atoms with E-state index in [0.717, 1.165) is 21.8 Å². The summed E-state index contributed by atoms with van der Waals surface area (Å²) in [4.78, 5) is 14.3. The molecule has 1 unspecified atom stereocenters. The molecule has 114 valence electrons. The van der Waals surface area contributed by atoms with Gasteiger partial charge in [-0.25, -0.2) is 8.78 Å². The molecule has 2 aromatic rings. The Morgan fingerprint density at radius 3 is 2.45 bits per heavy atom. The van der Waals surface area contributed by atoms with Gasteiger partial charge in [-0.2, -0.15) is 0 Å². The van der Waals surface area contributed by atoms with Gasteiger partial charge in [0.2, 0.25) is 5.91 Å². The zero-order chi connectivity index (χ0) is 15.9. The highest BCUT2D eigenvalue weighted by Gasteiger charge is 2.34. The molecule has 1 amide bonds. The van der Waals surface area contributed by atoms with Crippen molar-refractivity contribution < 1.29 is 13.6 Å². The minimum Gasteiger partial charge on any atom is -0.312 e. The van der Waals surface area contributed by atoms with E-state index < -0.39 is 17.6 Å². The number of benzene rings is 2. The maximum absolute atomic E-state index is 13.4. The molecule has 0 bridgehead atoms. The molecule has 1 heterocycles. The van der Waals surface area contributed by atoms with Gasteiger partial charge in [0, 0.05) is 22.8 Å². The Morgan fingerprint density at radius 1 is 1.14 bits per heavy atom. The number of hydrogen-bond acceptors (Lipinski definition) is 1. The second-order valence-corrected chi connectivity index (χ2v) is 6.32. The van der Waals surface area contributed by atoms with Crippen LogP contribution in [0.4, 0.5) is 14.5 Å². The van der Waals surface area contributed by atoms with Gasteiger partial charge in [0.15, 0.2) is 0 Å². The maximum atomic E-state index is 13.4. The van der Waals surface area contributed by atoms with Crippen LogP contribution in [0.5, 0.6) is 0 Å². The van der Waals surface area contributed by atoms with Crippen molar-refractivity contribution in [2.24, 2.45) is 0 Å². The van der Waals surface area contributed by atoms with Crippen LogP contribution in [-0.2, 0) is 4.79 Å². The fourth-order valence-electron chi connectivity index (χ4n) is 2.82. The number of anilines is 1. The number of carbonyl (C=O) groups is 1. The molecule has 1 fully saturated rings. The van der Waals surface area contributed by atoms with Crippen LogP contribution in [-0.4, -0.2) is 12.5 Å². The lowest BCUT2D eigenvalue weighted by Crippen LogP contribution is -2.26. The Labute approximate surface area is 135 Å². The first kappa shape index (κ1) is 15.2. The highest BCUT2D eigenvalue weighted by Crippen LogP contribution is 2.34. The van der Waals surface area contributed by atoms with E-state index in [-0.39, 0.29) is 5.91 Å². The second-order valence-electron chi connectivity index (χ2n) is 5.47. The van der Waals surface area contributed by atoms with Crippen molar-refractivity contribution >= 4 is 27.5 Å². The van der Waals surface area contributed by atoms with Gasteiger partial charge >= 0.3 is 0 Å². The van der Waals surface area contributed by atoms with E-state index >= 15 is 0 Å². The highest BCUT2D eigenvalue weighted by molar-refractivity contribution is 9.10. The molecule has 0 aromatic heterocycles. The van der Waals surface area contributed by atoms with Gasteiger partial charge in [0.05, 0.1) is 5.92 Å². The van der Waals surface area contributed by atoms with Crippen LogP contribution in [0.1, 0.15) is 23.5 Å². The standard InChI is InChI=1S/C17H14BrF2NO/c1-10-6-14(2-3-16(10)18)21-5-4-15(17(21)22)11-7-12(19)9-13(20)8-11/h2-3,6-9,15H,4-5H2,1H3. The molecule has 1 saturated heterocycles. The van der Waals surface area contributed by atoms with Crippen LogP contribution in [0.3, 0.4) is 0 Å². The lowest BCUT2D eigenvalue weighted by molar-refractivity contribution is -0.118. The predicted octanol–water partition coefficient (Wildman–Crippen LogP) is 4.56. The van der Waals surface area contributed by atoms with E-state index in [1.165, 1.54) is 12.1 Å². The van der Waals surface area contributed by atoms with Crippen LogP contribution in [0, 0.1) is 18.6 Å². The molecule has 0 spiro atoms. The first-order valence-corrected chi connectivity index (χ1v) is 7.78. The molecular formula is C17H14BrF2NO. The number of hydrogen-bond donors (Lipinski definition) is 0. The quantitative estimate of drug-likeness (QED) is 0.763. The lowest BCUT2D eigenvalue weighted by atomic mass is 9.97. The summed E-state index contributed by atoms with van der Waals surface area (Å²) in [6, 6.07) is 8.98. The topological polar surface area (TPSA) is 20.3 Å². The molecule has 0 aliphatic carbocycles. The summed E-state index contributed by atoms with van der Waals surface area (Å²) in [5.74, 6) is -1.91. The van der Waals surface area contributed by atoms with Gasteiger partial charge in [0.1, 0.15) is 11.6 Å². The Balaban J connectivity index is 1.90. The predicted molar refractivity (Wildman–Crippen MR) is 84.9 cm³/mol. The van der Waals surface area contributed by atoms with Gasteiger partial charge in [-0.15, -0.1) is 0 Å². The molecule has 1 atom stereocenters. The van der Waals surface area contributed by atoms with Crippen molar-refractivity contribution in [1.82, 2.24) is 0 Å². The number of halogens is 3. The summed E-state index contributed by atoms with van der Waals surface area (Å²) in [6.07, 6.45) is 0.552. The summed E-state index contributed by atoms with van der Waals surface area (Å²) >= 11 is 3.43. The maximum Gasteiger partial charge on any atom is 0.234 e. The van der Waals surface area contributed by atoms with Crippen molar-refractivity contribution in [2.75, 3.05) is 11.4 Å². The summed E-state index contributed by atoms with van der Waals surface area (Å²) in [5.41, 5.74) is 2.24.